The van der Waals surface area contributed by atoms with E-state index in [-0.39, 0.29) is 5.82 Å². The Balaban J connectivity index is 2.10. The molecule has 18 heavy (non-hydrogen) atoms. The number of hydrogen-bond donors (Lipinski definition) is 1. The molecule has 0 radical (unpaired) electrons. The Bertz CT molecular complexity index is 447. The molecule has 1 aliphatic heterocycles. The third-order valence-electron chi connectivity index (χ3n) is 3.52. The Morgan fingerprint density at radius 1 is 1.50 bits per heavy atom. The van der Waals surface area contributed by atoms with Crippen molar-refractivity contribution in [1.82, 2.24) is 4.90 Å². The van der Waals surface area contributed by atoms with Gasteiger partial charge in [0.1, 0.15) is 11.9 Å². The Labute approximate surface area is 106 Å². The normalized spacial score (nSPS) is 20.9. The van der Waals surface area contributed by atoms with Crippen molar-refractivity contribution in [3.8, 4) is 0 Å². The Hall–Kier alpha value is -1.42. The number of carboxylic acids is 1. The summed E-state index contributed by atoms with van der Waals surface area (Å²) in [6.45, 7) is 3.00. The molecule has 0 bridgehead atoms. The van der Waals surface area contributed by atoms with Gasteiger partial charge in [0.25, 0.3) is 0 Å². The van der Waals surface area contributed by atoms with E-state index in [9.17, 15) is 9.18 Å². The van der Waals surface area contributed by atoms with E-state index in [4.69, 9.17) is 5.11 Å². The van der Waals surface area contributed by atoms with E-state index in [0.29, 0.717) is 18.5 Å². The predicted octanol–water partition coefficient (Wildman–Crippen LogP) is 2.57. The van der Waals surface area contributed by atoms with Gasteiger partial charge in [0.2, 0.25) is 0 Å². The first-order valence-corrected chi connectivity index (χ1v) is 6.30. The summed E-state index contributed by atoms with van der Waals surface area (Å²) in [6, 6.07) is 4.68. The van der Waals surface area contributed by atoms with Crippen LogP contribution in [0.1, 0.15) is 30.4 Å². The zero-order valence-electron chi connectivity index (χ0n) is 10.5. The van der Waals surface area contributed by atoms with Crippen molar-refractivity contribution in [2.24, 2.45) is 0 Å². The molecular weight excluding hydrogens is 233 g/mol. The maximum absolute atomic E-state index is 13.5. The fourth-order valence-electron chi connectivity index (χ4n) is 2.43. The van der Waals surface area contributed by atoms with Gasteiger partial charge in [0, 0.05) is 6.54 Å². The van der Waals surface area contributed by atoms with Crippen molar-refractivity contribution in [3.63, 3.8) is 0 Å². The average molecular weight is 251 g/mol. The third kappa shape index (κ3) is 2.88. The highest BCUT2D eigenvalue weighted by Gasteiger charge is 2.28. The highest BCUT2D eigenvalue weighted by molar-refractivity contribution is 5.73. The summed E-state index contributed by atoms with van der Waals surface area (Å²) in [7, 11) is 0. The van der Waals surface area contributed by atoms with E-state index < -0.39 is 12.0 Å². The van der Waals surface area contributed by atoms with Crippen LogP contribution in [-0.2, 0) is 11.3 Å². The molecule has 1 aromatic carbocycles. The van der Waals surface area contributed by atoms with Crippen LogP contribution in [0.25, 0.3) is 0 Å². The number of halogens is 1. The number of rotatable bonds is 3. The summed E-state index contributed by atoms with van der Waals surface area (Å²) in [5.41, 5.74) is 1.46. The zero-order valence-corrected chi connectivity index (χ0v) is 10.5. The van der Waals surface area contributed by atoms with Crippen molar-refractivity contribution < 1.29 is 14.3 Å². The smallest absolute Gasteiger partial charge is 0.320 e. The third-order valence-corrected chi connectivity index (χ3v) is 3.52. The number of likely N-dealkylation sites (tertiary alicyclic amines) is 1. The van der Waals surface area contributed by atoms with Gasteiger partial charge < -0.3 is 5.11 Å². The summed E-state index contributed by atoms with van der Waals surface area (Å²) < 4.78 is 13.5. The van der Waals surface area contributed by atoms with E-state index >= 15 is 0 Å². The molecular formula is C14H18FNO2. The number of hydrogen-bond acceptors (Lipinski definition) is 2. The topological polar surface area (TPSA) is 40.5 Å². The van der Waals surface area contributed by atoms with E-state index in [1.807, 2.05) is 11.0 Å². The minimum atomic E-state index is -0.776. The standard InChI is InChI=1S/C14H18FNO2/c1-10-5-6-11(8-12(10)15)9-16-7-3-2-4-13(16)14(17)18/h5-6,8,13H,2-4,7,9H2,1H3,(H,17,18). The lowest BCUT2D eigenvalue weighted by Crippen LogP contribution is -2.44. The van der Waals surface area contributed by atoms with Crippen molar-refractivity contribution >= 4 is 5.97 Å². The van der Waals surface area contributed by atoms with Crippen LogP contribution in [-0.4, -0.2) is 28.6 Å². The second kappa shape index (κ2) is 5.48. The highest BCUT2D eigenvalue weighted by Crippen LogP contribution is 2.20. The summed E-state index contributed by atoms with van der Waals surface area (Å²) in [5.74, 6) is -1.00. The second-order valence-electron chi connectivity index (χ2n) is 4.90. The Morgan fingerprint density at radius 2 is 2.28 bits per heavy atom. The average Bonchev–Trinajstić information content (AvgIpc) is 2.34. The van der Waals surface area contributed by atoms with Crippen molar-refractivity contribution in [3.05, 3.63) is 35.1 Å². The molecule has 1 atom stereocenters. The molecule has 0 saturated carbocycles. The first-order valence-electron chi connectivity index (χ1n) is 6.30. The van der Waals surface area contributed by atoms with Crippen LogP contribution in [0.2, 0.25) is 0 Å². The van der Waals surface area contributed by atoms with Crippen molar-refractivity contribution in [2.75, 3.05) is 6.54 Å². The molecule has 1 heterocycles. The van der Waals surface area contributed by atoms with Crippen molar-refractivity contribution in [2.45, 2.75) is 38.8 Å². The molecule has 98 valence electrons. The number of aryl methyl sites for hydroxylation is 1. The zero-order chi connectivity index (χ0) is 13.1. The maximum atomic E-state index is 13.5. The molecule has 0 aliphatic carbocycles. The summed E-state index contributed by atoms with van der Waals surface area (Å²) in [6.07, 6.45) is 2.65. The van der Waals surface area contributed by atoms with Crippen LogP contribution in [0.4, 0.5) is 4.39 Å². The van der Waals surface area contributed by atoms with Crippen molar-refractivity contribution in [1.29, 1.82) is 0 Å². The predicted molar refractivity (Wildman–Crippen MR) is 66.8 cm³/mol. The Kier molecular flexibility index (Phi) is 3.97. The lowest BCUT2D eigenvalue weighted by molar-refractivity contribution is -0.144. The van der Waals surface area contributed by atoms with Gasteiger partial charge in [0.15, 0.2) is 0 Å². The van der Waals surface area contributed by atoms with Gasteiger partial charge in [-0.15, -0.1) is 0 Å². The van der Waals surface area contributed by atoms with Crippen LogP contribution >= 0.6 is 0 Å². The van der Waals surface area contributed by atoms with Gasteiger partial charge in [-0.2, -0.15) is 0 Å². The fraction of sp³-hybridized carbons (Fsp3) is 0.500. The largest absolute Gasteiger partial charge is 0.480 e. The molecule has 1 unspecified atom stereocenters. The second-order valence-corrected chi connectivity index (χ2v) is 4.90. The molecule has 0 amide bonds. The highest BCUT2D eigenvalue weighted by atomic mass is 19.1. The van der Waals surface area contributed by atoms with E-state index in [1.165, 1.54) is 6.07 Å². The first kappa shape index (κ1) is 13.0. The van der Waals surface area contributed by atoms with Gasteiger partial charge >= 0.3 is 5.97 Å². The van der Waals surface area contributed by atoms with Gasteiger partial charge in [-0.25, -0.2) is 4.39 Å². The molecule has 0 spiro atoms. The molecule has 1 saturated heterocycles. The van der Waals surface area contributed by atoms with E-state index in [0.717, 1.165) is 24.9 Å². The lowest BCUT2D eigenvalue weighted by Gasteiger charge is -2.32. The molecule has 1 N–H and O–H groups in total. The number of carbonyl (C=O) groups is 1. The number of piperidine rings is 1. The molecule has 0 aromatic heterocycles. The molecule has 3 nitrogen and oxygen atoms in total. The van der Waals surface area contributed by atoms with Crippen LogP contribution in [0.5, 0.6) is 0 Å². The minimum Gasteiger partial charge on any atom is -0.480 e. The Morgan fingerprint density at radius 3 is 2.94 bits per heavy atom. The maximum Gasteiger partial charge on any atom is 0.320 e. The monoisotopic (exact) mass is 251 g/mol. The molecule has 2 rings (SSSR count). The van der Waals surface area contributed by atoms with Crippen LogP contribution < -0.4 is 0 Å². The van der Waals surface area contributed by atoms with Crippen LogP contribution in [0.3, 0.4) is 0 Å². The number of aliphatic carboxylic acids is 1. The van der Waals surface area contributed by atoms with Crippen LogP contribution in [0.15, 0.2) is 18.2 Å². The SMILES string of the molecule is Cc1ccc(CN2CCCCC2C(=O)O)cc1F. The molecule has 4 heteroatoms. The van der Waals surface area contributed by atoms with Gasteiger partial charge in [-0.05, 0) is 43.5 Å². The lowest BCUT2D eigenvalue weighted by atomic mass is 10.0. The minimum absolute atomic E-state index is 0.226. The summed E-state index contributed by atoms with van der Waals surface area (Å²) >= 11 is 0. The first-order chi connectivity index (χ1) is 8.58. The van der Waals surface area contributed by atoms with E-state index in [2.05, 4.69) is 0 Å². The quantitative estimate of drug-likeness (QED) is 0.897. The number of nitrogens with zero attached hydrogens (tertiary/aromatic N) is 1. The van der Waals surface area contributed by atoms with Gasteiger partial charge in [-0.1, -0.05) is 18.6 Å². The summed E-state index contributed by atoms with van der Waals surface area (Å²) in [4.78, 5) is 13.1. The summed E-state index contributed by atoms with van der Waals surface area (Å²) in [5, 5.41) is 9.17. The van der Waals surface area contributed by atoms with E-state index in [1.54, 1.807) is 13.0 Å². The van der Waals surface area contributed by atoms with Gasteiger partial charge in [0.05, 0.1) is 0 Å². The molecule has 1 aliphatic rings. The molecule has 1 aromatic rings. The number of benzene rings is 1. The van der Waals surface area contributed by atoms with Gasteiger partial charge in [-0.3, -0.25) is 9.69 Å². The fourth-order valence-corrected chi connectivity index (χ4v) is 2.43. The number of carboxylic acid groups (broad SMARTS) is 1. The van der Waals surface area contributed by atoms with Crippen LogP contribution in [0, 0.1) is 12.7 Å². The molecule has 1 fully saturated rings.